The summed E-state index contributed by atoms with van der Waals surface area (Å²) in [6.07, 6.45) is 3.34. The van der Waals surface area contributed by atoms with Gasteiger partial charge < -0.3 is 15.0 Å². The van der Waals surface area contributed by atoms with Gasteiger partial charge in [0.15, 0.2) is 0 Å². The lowest BCUT2D eigenvalue weighted by molar-refractivity contribution is -0.0226. The van der Waals surface area contributed by atoms with Crippen LogP contribution in [0.4, 0.5) is 5.69 Å². The summed E-state index contributed by atoms with van der Waals surface area (Å²) in [6, 6.07) is 6.04. The lowest BCUT2D eigenvalue weighted by atomic mass is 10.00. The van der Waals surface area contributed by atoms with Gasteiger partial charge in [0.25, 0.3) is 5.91 Å². The zero-order chi connectivity index (χ0) is 13.9. The standard InChI is InChI=1S/C16H22N2O2/c1-2-14-11-18(8-9-20-14)16(19)13-5-6-15-12(10-13)4-3-7-17-15/h5-6,10,14,17H,2-4,7-9,11H2,1H3. The molecule has 1 N–H and O–H groups in total. The summed E-state index contributed by atoms with van der Waals surface area (Å²) in [5.41, 5.74) is 3.26. The largest absolute Gasteiger partial charge is 0.385 e. The minimum atomic E-state index is 0.139. The van der Waals surface area contributed by atoms with E-state index in [1.54, 1.807) is 0 Å². The first-order valence-electron chi connectivity index (χ1n) is 7.55. The van der Waals surface area contributed by atoms with Crippen molar-refractivity contribution in [3.63, 3.8) is 0 Å². The molecule has 1 atom stereocenters. The molecule has 0 aromatic heterocycles. The lowest BCUT2D eigenvalue weighted by Gasteiger charge is -2.32. The number of nitrogens with one attached hydrogen (secondary N) is 1. The van der Waals surface area contributed by atoms with Crippen molar-refractivity contribution < 1.29 is 9.53 Å². The van der Waals surface area contributed by atoms with E-state index >= 15 is 0 Å². The topological polar surface area (TPSA) is 41.6 Å². The summed E-state index contributed by atoms with van der Waals surface area (Å²) < 4.78 is 5.63. The van der Waals surface area contributed by atoms with Crippen molar-refractivity contribution in [1.82, 2.24) is 4.90 Å². The molecule has 108 valence electrons. The maximum Gasteiger partial charge on any atom is 0.254 e. The Morgan fingerprint density at radius 2 is 2.40 bits per heavy atom. The van der Waals surface area contributed by atoms with Gasteiger partial charge in [0.2, 0.25) is 0 Å². The molecular formula is C16H22N2O2. The van der Waals surface area contributed by atoms with Gasteiger partial charge in [-0.2, -0.15) is 0 Å². The van der Waals surface area contributed by atoms with Crippen LogP contribution in [0.15, 0.2) is 18.2 Å². The van der Waals surface area contributed by atoms with Crippen LogP contribution in [-0.2, 0) is 11.2 Å². The van der Waals surface area contributed by atoms with Crippen LogP contribution in [0.5, 0.6) is 0 Å². The predicted molar refractivity (Wildman–Crippen MR) is 79.2 cm³/mol. The molecule has 0 bridgehead atoms. The molecule has 3 rings (SSSR count). The summed E-state index contributed by atoms with van der Waals surface area (Å²) >= 11 is 0. The highest BCUT2D eigenvalue weighted by Gasteiger charge is 2.24. The Labute approximate surface area is 120 Å². The van der Waals surface area contributed by atoms with Crippen molar-refractivity contribution in [1.29, 1.82) is 0 Å². The molecule has 0 saturated carbocycles. The van der Waals surface area contributed by atoms with Gasteiger partial charge in [-0.25, -0.2) is 0 Å². The highest BCUT2D eigenvalue weighted by molar-refractivity contribution is 5.95. The fraction of sp³-hybridized carbons (Fsp3) is 0.562. The maximum absolute atomic E-state index is 12.6. The average Bonchev–Trinajstić information content (AvgIpc) is 2.53. The van der Waals surface area contributed by atoms with Crippen LogP contribution >= 0.6 is 0 Å². The number of aryl methyl sites for hydroxylation is 1. The number of morpholine rings is 1. The molecule has 2 aliphatic heterocycles. The Kier molecular flexibility index (Phi) is 3.92. The molecule has 2 aliphatic rings. The van der Waals surface area contributed by atoms with Gasteiger partial charge in [-0.05, 0) is 43.0 Å². The molecule has 20 heavy (non-hydrogen) atoms. The van der Waals surface area contributed by atoms with Crippen LogP contribution in [0.1, 0.15) is 35.7 Å². The molecule has 1 fully saturated rings. The number of ether oxygens (including phenoxy) is 1. The zero-order valence-electron chi connectivity index (χ0n) is 12.0. The second-order valence-corrected chi connectivity index (χ2v) is 5.55. The lowest BCUT2D eigenvalue weighted by Crippen LogP contribution is -2.45. The molecule has 0 radical (unpaired) electrons. The Morgan fingerprint density at radius 1 is 1.50 bits per heavy atom. The third-order valence-corrected chi connectivity index (χ3v) is 4.17. The number of nitrogens with zero attached hydrogens (tertiary/aromatic N) is 1. The Balaban J connectivity index is 1.76. The second kappa shape index (κ2) is 5.83. The van der Waals surface area contributed by atoms with Gasteiger partial charge in [-0.3, -0.25) is 4.79 Å². The zero-order valence-corrected chi connectivity index (χ0v) is 12.0. The van der Waals surface area contributed by atoms with E-state index in [1.165, 1.54) is 11.3 Å². The third kappa shape index (κ3) is 2.66. The third-order valence-electron chi connectivity index (χ3n) is 4.17. The van der Waals surface area contributed by atoms with Crippen LogP contribution in [0.3, 0.4) is 0 Å². The summed E-state index contributed by atoms with van der Waals surface area (Å²) in [4.78, 5) is 14.5. The van der Waals surface area contributed by atoms with Crippen molar-refractivity contribution in [2.45, 2.75) is 32.3 Å². The molecule has 1 unspecified atom stereocenters. The van der Waals surface area contributed by atoms with Gasteiger partial charge in [0.05, 0.1) is 12.7 Å². The van der Waals surface area contributed by atoms with E-state index in [0.29, 0.717) is 19.7 Å². The van der Waals surface area contributed by atoms with Gasteiger partial charge in [-0.1, -0.05) is 6.92 Å². The van der Waals surface area contributed by atoms with Gasteiger partial charge in [-0.15, -0.1) is 0 Å². The molecule has 4 nitrogen and oxygen atoms in total. The van der Waals surface area contributed by atoms with E-state index in [9.17, 15) is 4.79 Å². The number of benzene rings is 1. The molecule has 0 spiro atoms. The minimum absolute atomic E-state index is 0.139. The van der Waals surface area contributed by atoms with Gasteiger partial charge in [0.1, 0.15) is 0 Å². The van der Waals surface area contributed by atoms with Crippen molar-refractivity contribution >= 4 is 11.6 Å². The van der Waals surface area contributed by atoms with Crippen molar-refractivity contribution in [3.05, 3.63) is 29.3 Å². The Hall–Kier alpha value is -1.55. The summed E-state index contributed by atoms with van der Waals surface area (Å²) in [6.45, 7) is 5.19. The van der Waals surface area contributed by atoms with Crippen LogP contribution in [0.2, 0.25) is 0 Å². The number of hydrogen-bond donors (Lipinski definition) is 1. The number of amides is 1. The van der Waals surface area contributed by atoms with E-state index in [2.05, 4.69) is 18.3 Å². The molecule has 2 heterocycles. The molecule has 1 amide bonds. The van der Waals surface area contributed by atoms with Crippen LogP contribution in [0, 0.1) is 0 Å². The molecule has 1 aromatic rings. The summed E-state index contributed by atoms with van der Waals surface area (Å²) in [7, 11) is 0. The van der Waals surface area contributed by atoms with E-state index in [4.69, 9.17) is 4.74 Å². The van der Waals surface area contributed by atoms with E-state index in [1.807, 2.05) is 17.0 Å². The minimum Gasteiger partial charge on any atom is -0.385 e. The quantitative estimate of drug-likeness (QED) is 0.899. The molecular weight excluding hydrogens is 252 g/mol. The van der Waals surface area contributed by atoms with E-state index in [-0.39, 0.29) is 12.0 Å². The summed E-state index contributed by atoms with van der Waals surface area (Å²) in [5, 5.41) is 3.38. The second-order valence-electron chi connectivity index (χ2n) is 5.55. The van der Waals surface area contributed by atoms with Gasteiger partial charge in [0, 0.05) is 30.9 Å². The number of fused-ring (bicyclic) bond motifs is 1. The normalized spacial score (nSPS) is 22.1. The smallest absolute Gasteiger partial charge is 0.254 e. The highest BCUT2D eigenvalue weighted by Crippen LogP contribution is 2.24. The molecule has 1 saturated heterocycles. The Bertz CT molecular complexity index is 501. The molecule has 4 heteroatoms. The number of carbonyl (C=O) groups is 1. The number of carbonyl (C=O) groups excluding carboxylic acids is 1. The van der Waals surface area contributed by atoms with E-state index < -0.39 is 0 Å². The first-order valence-corrected chi connectivity index (χ1v) is 7.55. The number of hydrogen-bond acceptors (Lipinski definition) is 3. The Morgan fingerprint density at radius 3 is 3.25 bits per heavy atom. The average molecular weight is 274 g/mol. The highest BCUT2D eigenvalue weighted by atomic mass is 16.5. The summed E-state index contributed by atoms with van der Waals surface area (Å²) in [5.74, 6) is 0.139. The van der Waals surface area contributed by atoms with E-state index in [0.717, 1.165) is 31.4 Å². The SMILES string of the molecule is CCC1CN(C(=O)c2ccc3c(c2)CCCN3)CCO1. The maximum atomic E-state index is 12.6. The van der Waals surface area contributed by atoms with Crippen LogP contribution in [0.25, 0.3) is 0 Å². The van der Waals surface area contributed by atoms with Gasteiger partial charge >= 0.3 is 0 Å². The number of anilines is 1. The fourth-order valence-corrected chi connectivity index (χ4v) is 2.94. The fourth-order valence-electron chi connectivity index (χ4n) is 2.94. The molecule has 1 aromatic carbocycles. The first kappa shape index (κ1) is 13.4. The molecule has 0 aliphatic carbocycles. The monoisotopic (exact) mass is 274 g/mol. The predicted octanol–water partition coefficient (Wildman–Crippen LogP) is 2.30. The van der Waals surface area contributed by atoms with Crippen molar-refractivity contribution in [3.8, 4) is 0 Å². The van der Waals surface area contributed by atoms with Crippen molar-refractivity contribution in [2.75, 3.05) is 31.6 Å². The first-order chi connectivity index (χ1) is 9.78. The number of rotatable bonds is 2. The van der Waals surface area contributed by atoms with Crippen molar-refractivity contribution in [2.24, 2.45) is 0 Å². The van der Waals surface area contributed by atoms with Crippen LogP contribution in [-0.4, -0.2) is 43.2 Å². The van der Waals surface area contributed by atoms with Crippen LogP contribution < -0.4 is 5.32 Å².